The van der Waals surface area contributed by atoms with E-state index in [1.165, 1.54) is 7.11 Å². The van der Waals surface area contributed by atoms with E-state index in [4.69, 9.17) is 14.3 Å². The van der Waals surface area contributed by atoms with Crippen LogP contribution in [0.5, 0.6) is 0 Å². The van der Waals surface area contributed by atoms with E-state index < -0.39 is 6.02 Å². The zero-order valence-electron chi connectivity index (χ0n) is 6.11. The predicted molar refractivity (Wildman–Crippen MR) is 28.5 cm³/mol. The minimum absolute atomic E-state index is 0.174. The van der Waals surface area contributed by atoms with Crippen LogP contribution < -0.4 is 0 Å². The third-order valence-corrected chi connectivity index (χ3v) is 0.553. The Kier molecular flexibility index (Phi) is 3.66. The van der Waals surface area contributed by atoms with E-state index in [0.717, 1.165) is 0 Å². The standard InChI is InChI=1S/C4H9ClO2/c1-6-2-3-7-4-5/h2-4H2,1H3/i4D2. The van der Waals surface area contributed by atoms with Gasteiger partial charge in [0.25, 0.3) is 0 Å². The SMILES string of the molecule is [2H]C([2H])(Cl)OCCOC. The Bertz CT molecular complexity index is 73.5. The highest BCUT2D eigenvalue weighted by Gasteiger charge is 1.79. The molecule has 0 aliphatic carbocycles. The van der Waals surface area contributed by atoms with E-state index in [2.05, 4.69) is 9.47 Å². The molecule has 7 heavy (non-hydrogen) atoms. The number of rotatable bonds is 4. The van der Waals surface area contributed by atoms with Gasteiger partial charge in [0.15, 0.2) is 0 Å². The Labute approximate surface area is 51.2 Å². The molecule has 0 saturated carbocycles. The van der Waals surface area contributed by atoms with Crippen LogP contribution >= 0.6 is 11.6 Å². The summed E-state index contributed by atoms with van der Waals surface area (Å²) in [6.45, 7) is 0.527. The lowest BCUT2D eigenvalue weighted by molar-refractivity contribution is 0.0936. The third kappa shape index (κ3) is 6.21. The van der Waals surface area contributed by atoms with Crippen molar-refractivity contribution in [1.82, 2.24) is 0 Å². The number of methoxy groups -OCH3 is 1. The van der Waals surface area contributed by atoms with Crippen LogP contribution in [0.15, 0.2) is 0 Å². The predicted octanol–water partition coefficient (Wildman–Crippen LogP) is 0.846. The lowest BCUT2D eigenvalue weighted by Gasteiger charge is -1.94. The van der Waals surface area contributed by atoms with Crippen LogP contribution in [0, 0.1) is 0 Å². The Morgan fingerprint density at radius 2 is 2.43 bits per heavy atom. The van der Waals surface area contributed by atoms with Crippen LogP contribution in [0.1, 0.15) is 2.74 Å². The summed E-state index contributed by atoms with van der Waals surface area (Å²) >= 11 is 5.02. The summed E-state index contributed by atoms with van der Waals surface area (Å²) in [7, 11) is 1.51. The molecule has 0 aliphatic rings. The molecule has 0 fully saturated rings. The highest BCUT2D eigenvalue weighted by Crippen LogP contribution is 1.77. The number of hydrogen-bond donors (Lipinski definition) is 0. The second-order valence-electron chi connectivity index (χ2n) is 0.918. The van der Waals surface area contributed by atoms with Crippen molar-refractivity contribution in [3.63, 3.8) is 0 Å². The summed E-state index contributed by atoms with van der Waals surface area (Å²) in [4.78, 5) is 0. The molecule has 3 heteroatoms. The molecule has 0 aromatic rings. The number of alkyl halides is 1. The van der Waals surface area contributed by atoms with E-state index in [1.54, 1.807) is 0 Å². The van der Waals surface area contributed by atoms with Gasteiger partial charge in [0.05, 0.1) is 16.0 Å². The maximum absolute atomic E-state index is 6.66. The van der Waals surface area contributed by atoms with Crippen molar-refractivity contribution in [2.75, 3.05) is 26.3 Å². The molecule has 0 aromatic heterocycles. The Morgan fingerprint density at radius 3 is 2.86 bits per heavy atom. The van der Waals surface area contributed by atoms with Gasteiger partial charge in [-0.2, -0.15) is 0 Å². The van der Waals surface area contributed by atoms with Gasteiger partial charge in [0.1, 0.15) is 6.02 Å². The van der Waals surface area contributed by atoms with Gasteiger partial charge in [0.2, 0.25) is 0 Å². The van der Waals surface area contributed by atoms with E-state index >= 15 is 0 Å². The molecule has 0 rings (SSSR count). The van der Waals surface area contributed by atoms with E-state index in [-0.39, 0.29) is 6.61 Å². The van der Waals surface area contributed by atoms with Crippen LogP contribution in [-0.4, -0.2) is 26.3 Å². The van der Waals surface area contributed by atoms with Crippen LogP contribution in [0.25, 0.3) is 0 Å². The van der Waals surface area contributed by atoms with E-state index in [9.17, 15) is 0 Å². The molecule has 0 atom stereocenters. The largest absolute Gasteiger partial charge is 0.382 e. The van der Waals surface area contributed by atoms with Gasteiger partial charge in [-0.15, -0.1) is 0 Å². The summed E-state index contributed by atoms with van der Waals surface area (Å²) in [5.74, 6) is 0. The maximum atomic E-state index is 6.66. The molecule has 0 saturated heterocycles. The molecule has 0 unspecified atom stereocenters. The Balaban J connectivity index is 3.07. The van der Waals surface area contributed by atoms with Crippen molar-refractivity contribution in [2.45, 2.75) is 0 Å². The molecular weight excluding hydrogens is 115 g/mol. The minimum Gasteiger partial charge on any atom is -0.382 e. The first-order valence-corrected chi connectivity index (χ1v) is 2.26. The summed E-state index contributed by atoms with van der Waals surface area (Å²) < 4.78 is 22.4. The van der Waals surface area contributed by atoms with Gasteiger partial charge >= 0.3 is 0 Å². The van der Waals surface area contributed by atoms with Gasteiger partial charge < -0.3 is 9.47 Å². The average Bonchev–Trinajstić information content (AvgIpc) is 1.63. The van der Waals surface area contributed by atoms with Gasteiger partial charge in [-0.05, 0) is 0 Å². The molecule has 0 aliphatic heterocycles. The van der Waals surface area contributed by atoms with Crippen molar-refractivity contribution >= 4 is 11.6 Å². The Morgan fingerprint density at radius 1 is 1.71 bits per heavy atom. The maximum Gasteiger partial charge on any atom is 0.120 e. The van der Waals surface area contributed by atoms with Crippen molar-refractivity contribution in [3.8, 4) is 0 Å². The first-order valence-electron chi connectivity index (χ1n) is 2.88. The van der Waals surface area contributed by atoms with Gasteiger partial charge in [-0.3, -0.25) is 0 Å². The van der Waals surface area contributed by atoms with Gasteiger partial charge in [-0.1, -0.05) is 11.6 Å². The monoisotopic (exact) mass is 126 g/mol. The minimum atomic E-state index is -2.06. The molecular formula is C4H9ClO2. The van der Waals surface area contributed by atoms with Crippen LogP contribution in [0.4, 0.5) is 0 Å². The molecule has 0 bridgehead atoms. The van der Waals surface area contributed by atoms with E-state index in [1.807, 2.05) is 0 Å². The molecule has 0 radical (unpaired) electrons. The molecule has 2 nitrogen and oxygen atoms in total. The summed E-state index contributed by atoms with van der Waals surface area (Å²) in [5, 5.41) is 0. The zero-order chi connectivity index (χ0) is 7.33. The molecule has 0 N–H and O–H groups in total. The zero-order valence-corrected chi connectivity index (χ0v) is 4.86. The first-order chi connectivity index (χ1) is 4.06. The highest BCUT2D eigenvalue weighted by atomic mass is 35.5. The molecule has 0 amide bonds. The summed E-state index contributed by atoms with van der Waals surface area (Å²) in [5.41, 5.74) is 0. The lowest BCUT2D eigenvalue weighted by Crippen LogP contribution is -1.99. The van der Waals surface area contributed by atoms with Crippen LogP contribution in [0.3, 0.4) is 0 Å². The number of hydrogen-bond acceptors (Lipinski definition) is 2. The fraction of sp³-hybridized carbons (Fsp3) is 1.00. The highest BCUT2D eigenvalue weighted by molar-refractivity contribution is 6.17. The fourth-order valence-electron chi connectivity index (χ4n) is 0.164. The molecule has 0 aromatic carbocycles. The third-order valence-electron chi connectivity index (χ3n) is 0.444. The lowest BCUT2D eigenvalue weighted by atomic mass is 10.8. The second kappa shape index (κ2) is 6.21. The van der Waals surface area contributed by atoms with Gasteiger partial charge in [-0.25, -0.2) is 0 Å². The fourth-order valence-corrected chi connectivity index (χ4v) is 0.241. The van der Waals surface area contributed by atoms with Crippen LogP contribution in [-0.2, 0) is 9.47 Å². The smallest absolute Gasteiger partial charge is 0.120 e. The number of halogens is 1. The quantitative estimate of drug-likeness (QED) is 0.411. The summed E-state index contributed by atoms with van der Waals surface area (Å²) in [6, 6.07) is -2.06. The Hall–Kier alpha value is 0.210. The van der Waals surface area contributed by atoms with Gasteiger partial charge in [0, 0.05) is 7.11 Å². The summed E-state index contributed by atoms with van der Waals surface area (Å²) in [6.07, 6.45) is 0. The van der Waals surface area contributed by atoms with Crippen LogP contribution in [0.2, 0.25) is 0 Å². The average molecular weight is 127 g/mol. The second-order valence-corrected chi connectivity index (χ2v) is 1.07. The van der Waals surface area contributed by atoms with Crippen molar-refractivity contribution in [3.05, 3.63) is 0 Å². The molecule has 44 valence electrons. The van der Waals surface area contributed by atoms with Crippen molar-refractivity contribution in [1.29, 1.82) is 0 Å². The number of ether oxygens (including phenoxy) is 2. The van der Waals surface area contributed by atoms with Crippen molar-refractivity contribution < 1.29 is 12.2 Å². The van der Waals surface area contributed by atoms with E-state index in [0.29, 0.717) is 6.61 Å². The normalized spacial score (nSPS) is 15.7. The molecule has 0 spiro atoms. The topological polar surface area (TPSA) is 18.5 Å². The molecule has 0 heterocycles. The van der Waals surface area contributed by atoms with Crippen molar-refractivity contribution in [2.24, 2.45) is 0 Å². The first kappa shape index (κ1) is 4.13.